The third-order valence-electron chi connectivity index (χ3n) is 5.54. The predicted octanol–water partition coefficient (Wildman–Crippen LogP) is 2.32. The van der Waals surface area contributed by atoms with Crippen LogP contribution in [0.15, 0.2) is 41.2 Å². The summed E-state index contributed by atoms with van der Waals surface area (Å²) < 4.78 is 0. The van der Waals surface area contributed by atoms with Gasteiger partial charge in [-0.1, -0.05) is 42.6 Å². The first-order chi connectivity index (χ1) is 13.4. The van der Waals surface area contributed by atoms with E-state index in [0.29, 0.717) is 36.4 Å². The maximum absolute atomic E-state index is 11.6. The largest absolute Gasteiger partial charge is 0.330 e. The van der Waals surface area contributed by atoms with Gasteiger partial charge in [-0.15, -0.1) is 0 Å². The number of aliphatic imine (C=N–C) groups is 1. The Kier molecular flexibility index (Phi) is 6.53. The van der Waals surface area contributed by atoms with Gasteiger partial charge >= 0.3 is 5.70 Å². The van der Waals surface area contributed by atoms with Crippen LogP contribution in [0.1, 0.15) is 37.7 Å². The highest BCUT2D eigenvalue weighted by molar-refractivity contribution is 6.31. The molecule has 1 saturated carbocycles. The Labute approximate surface area is 169 Å². The van der Waals surface area contributed by atoms with Crippen molar-refractivity contribution in [1.82, 2.24) is 10.6 Å². The minimum absolute atomic E-state index is 0.0842. The molecule has 3 rings (SSSR count). The molecule has 8 nitrogen and oxygen atoms in total. The molecule has 1 heterocycles. The zero-order valence-corrected chi connectivity index (χ0v) is 16.5. The lowest BCUT2D eigenvalue weighted by Crippen LogP contribution is -2.64. The summed E-state index contributed by atoms with van der Waals surface area (Å²) in [6, 6.07) is 7.43. The standard InChI is InChI=1S/C19H27ClN6O2/c20-16-7-2-1-6-15(16)11-23-18-24-12-17(26(27)28)19(22,25-18)9-13-4-3-5-14(8-13)10-21/h1-2,6-7,12-14H,3-5,8-11,21-22H2,(H2,23,24,25). The van der Waals surface area contributed by atoms with Crippen molar-refractivity contribution in [2.24, 2.45) is 28.3 Å². The Morgan fingerprint density at radius 2 is 2.07 bits per heavy atom. The lowest BCUT2D eigenvalue weighted by atomic mass is 9.76. The molecule has 0 amide bonds. The molecule has 1 aromatic rings. The lowest BCUT2D eigenvalue weighted by Gasteiger charge is -2.37. The Morgan fingerprint density at radius 3 is 2.79 bits per heavy atom. The molecule has 28 heavy (non-hydrogen) atoms. The smallest absolute Gasteiger partial charge is 0.301 e. The highest BCUT2D eigenvalue weighted by atomic mass is 35.5. The fraction of sp³-hybridized carbons (Fsp3) is 0.526. The van der Waals surface area contributed by atoms with Crippen molar-refractivity contribution in [2.75, 3.05) is 6.54 Å². The SMILES string of the molecule is NCC1CCCC(CC2(N)NC(=NCc3ccccc3Cl)NC=C2[N+](=O)[O-])C1. The number of halogens is 1. The van der Waals surface area contributed by atoms with Crippen molar-refractivity contribution in [3.8, 4) is 0 Å². The van der Waals surface area contributed by atoms with Crippen LogP contribution in [0.4, 0.5) is 0 Å². The molecule has 3 unspecified atom stereocenters. The minimum Gasteiger partial charge on any atom is -0.330 e. The molecule has 152 valence electrons. The molecule has 9 heteroatoms. The first-order valence-corrected chi connectivity index (χ1v) is 9.95. The summed E-state index contributed by atoms with van der Waals surface area (Å²) in [5, 5.41) is 18.1. The fourth-order valence-electron chi connectivity index (χ4n) is 4.08. The summed E-state index contributed by atoms with van der Waals surface area (Å²) in [5.74, 6) is 1.14. The van der Waals surface area contributed by atoms with Gasteiger partial charge in [-0.25, -0.2) is 4.99 Å². The van der Waals surface area contributed by atoms with E-state index < -0.39 is 10.6 Å². The Hall–Kier alpha value is -2.16. The van der Waals surface area contributed by atoms with Gasteiger partial charge in [0.25, 0.3) is 0 Å². The van der Waals surface area contributed by atoms with Crippen LogP contribution in [0.3, 0.4) is 0 Å². The number of hydrogen-bond acceptors (Lipinski definition) is 5. The third-order valence-corrected chi connectivity index (χ3v) is 5.91. The van der Waals surface area contributed by atoms with E-state index in [4.69, 9.17) is 23.1 Å². The molecule has 3 atom stereocenters. The summed E-state index contributed by atoms with van der Waals surface area (Å²) in [7, 11) is 0. The molecule has 1 aliphatic heterocycles. The second-order valence-electron chi connectivity index (χ2n) is 7.62. The quantitative estimate of drug-likeness (QED) is 0.423. The van der Waals surface area contributed by atoms with Crippen molar-refractivity contribution in [1.29, 1.82) is 0 Å². The van der Waals surface area contributed by atoms with Gasteiger partial charge < -0.3 is 16.4 Å². The van der Waals surface area contributed by atoms with E-state index in [1.165, 1.54) is 6.20 Å². The topological polar surface area (TPSA) is 132 Å². The first kappa shape index (κ1) is 20.6. The minimum atomic E-state index is -1.28. The summed E-state index contributed by atoms with van der Waals surface area (Å²) in [6.07, 6.45) is 5.94. The van der Waals surface area contributed by atoms with E-state index in [0.717, 1.165) is 31.2 Å². The lowest BCUT2D eigenvalue weighted by molar-refractivity contribution is -0.437. The molecule has 0 radical (unpaired) electrons. The van der Waals surface area contributed by atoms with Crippen LogP contribution in [0.5, 0.6) is 0 Å². The molecule has 0 saturated heterocycles. The monoisotopic (exact) mass is 406 g/mol. The molecule has 6 N–H and O–H groups in total. The molecule has 1 aromatic carbocycles. The van der Waals surface area contributed by atoms with Crippen LogP contribution < -0.4 is 22.1 Å². The third kappa shape index (κ3) is 4.81. The van der Waals surface area contributed by atoms with Crippen molar-refractivity contribution >= 4 is 17.6 Å². The molecular weight excluding hydrogens is 380 g/mol. The number of rotatable bonds is 6. The van der Waals surface area contributed by atoms with Crippen molar-refractivity contribution in [3.63, 3.8) is 0 Å². The van der Waals surface area contributed by atoms with Gasteiger partial charge in [0.05, 0.1) is 17.7 Å². The summed E-state index contributed by atoms with van der Waals surface area (Å²) in [6.45, 7) is 0.983. The van der Waals surface area contributed by atoms with E-state index >= 15 is 0 Å². The molecule has 0 bridgehead atoms. The van der Waals surface area contributed by atoms with Gasteiger partial charge in [0.15, 0.2) is 11.6 Å². The first-order valence-electron chi connectivity index (χ1n) is 9.58. The Balaban J connectivity index is 1.76. The second-order valence-corrected chi connectivity index (χ2v) is 8.03. The van der Waals surface area contributed by atoms with Crippen LogP contribution in [-0.2, 0) is 6.54 Å². The molecule has 2 aliphatic rings. The number of nitrogens with two attached hydrogens (primary N) is 2. The summed E-state index contributed by atoms with van der Waals surface area (Å²) in [5.41, 5.74) is 11.8. The van der Waals surface area contributed by atoms with Gasteiger partial charge in [0.2, 0.25) is 0 Å². The highest BCUT2D eigenvalue weighted by Crippen LogP contribution is 2.35. The van der Waals surface area contributed by atoms with Gasteiger partial charge in [-0.2, -0.15) is 0 Å². The number of guanidine groups is 1. The van der Waals surface area contributed by atoms with Crippen LogP contribution in [0, 0.1) is 22.0 Å². The van der Waals surface area contributed by atoms with E-state index in [1.54, 1.807) is 6.07 Å². The van der Waals surface area contributed by atoms with Crippen LogP contribution >= 0.6 is 11.6 Å². The zero-order valence-electron chi connectivity index (χ0n) is 15.7. The number of nitro groups is 1. The fourth-order valence-corrected chi connectivity index (χ4v) is 4.28. The number of nitrogens with zero attached hydrogens (tertiary/aromatic N) is 2. The van der Waals surface area contributed by atoms with Gasteiger partial charge in [0.1, 0.15) is 0 Å². The average Bonchev–Trinajstić information content (AvgIpc) is 2.67. The van der Waals surface area contributed by atoms with E-state index in [2.05, 4.69) is 15.6 Å². The molecule has 1 fully saturated rings. The number of benzene rings is 1. The average molecular weight is 407 g/mol. The molecule has 0 spiro atoms. The Bertz CT molecular complexity index is 783. The van der Waals surface area contributed by atoms with Crippen LogP contribution in [0.25, 0.3) is 0 Å². The Morgan fingerprint density at radius 1 is 1.32 bits per heavy atom. The summed E-state index contributed by atoms with van der Waals surface area (Å²) >= 11 is 6.17. The number of hydrogen-bond donors (Lipinski definition) is 4. The maximum Gasteiger partial charge on any atom is 0.301 e. The highest BCUT2D eigenvalue weighted by Gasteiger charge is 2.44. The van der Waals surface area contributed by atoms with Gasteiger partial charge in [-0.3, -0.25) is 15.8 Å². The zero-order chi connectivity index (χ0) is 20.1. The maximum atomic E-state index is 11.6. The van der Waals surface area contributed by atoms with Crippen molar-refractivity contribution in [2.45, 2.75) is 44.3 Å². The normalized spacial score (nSPS) is 29.0. The van der Waals surface area contributed by atoms with Crippen LogP contribution in [-0.4, -0.2) is 23.1 Å². The van der Waals surface area contributed by atoms with Gasteiger partial charge in [-0.05, 0) is 49.3 Å². The second kappa shape index (κ2) is 8.89. The molecule has 0 aromatic heterocycles. The van der Waals surface area contributed by atoms with E-state index in [1.807, 2.05) is 18.2 Å². The number of nitrogens with one attached hydrogen (secondary N) is 2. The predicted molar refractivity (Wildman–Crippen MR) is 110 cm³/mol. The summed E-state index contributed by atoms with van der Waals surface area (Å²) in [4.78, 5) is 15.6. The molecule has 1 aliphatic carbocycles. The van der Waals surface area contributed by atoms with E-state index in [-0.39, 0.29) is 11.6 Å². The van der Waals surface area contributed by atoms with Gasteiger partial charge in [0, 0.05) is 5.02 Å². The van der Waals surface area contributed by atoms with Crippen molar-refractivity contribution < 1.29 is 4.92 Å². The molecular formula is C19H27ClN6O2. The van der Waals surface area contributed by atoms with E-state index in [9.17, 15) is 10.1 Å². The van der Waals surface area contributed by atoms with Crippen LogP contribution in [0.2, 0.25) is 5.02 Å². The van der Waals surface area contributed by atoms with Crippen molar-refractivity contribution in [3.05, 3.63) is 56.9 Å².